The Morgan fingerprint density at radius 2 is 2.27 bits per heavy atom. The molecule has 1 fully saturated rings. The lowest BCUT2D eigenvalue weighted by Crippen LogP contribution is -2.44. The fraction of sp³-hybridized carbons (Fsp3) is 0.500. The molecule has 0 aromatic heterocycles. The van der Waals surface area contributed by atoms with Gasteiger partial charge in [-0.25, -0.2) is 13.2 Å². The van der Waals surface area contributed by atoms with E-state index in [1.54, 1.807) is 31.3 Å². The Hall–Kier alpha value is -1.47. The SMILES string of the molecule is CN(CCOc1cccc(Cl)c1)C(=O)NC1CCS(=O)(=O)C1. The minimum Gasteiger partial charge on any atom is -0.492 e. The van der Waals surface area contributed by atoms with Crippen molar-refractivity contribution in [1.82, 2.24) is 10.2 Å². The normalized spacial score (nSPS) is 19.6. The summed E-state index contributed by atoms with van der Waals surface area (Å²) in [4.78, 5) is 13.4. The number of likely N-dealkylation sites (N-methyl/N-ethyl adjacent to an activating group) is 1. The van der Waals surface area contributed by atoms with Gasteiger partial charge in [0.15, 0.2) is 9.84 Å². The Bertz CT molecular complexity index is 635. The quantitative estimate of drug-likeness (QED) is 0.877. The number of amides is 2. The number of halogens is 1. The van der Waals surface area contributed by atoms with Crippen LogP contribution in [0.3, 0.4) is 0 Å². The van der Waals surface area contributed by atoms with E-state index in [0.717, 1.165) is 0 Å². The van der Waals surface area contributed by atoms with Gasteiger partial charge in [-0.2, -0.15) is 0 Å². The summed E-state index contributed by atoms with van der Waals surface area (Å²) in [6.07, 6.45) is 0.473. The number of hydrogen-bond donors (Lipinski definition) is 1. The molecule has 1 atom stereocenters. The molecular formula is C14H19ClN2O4S. The van der Waals surface area contributed by atoms with Crippen LogP contribution in [0, 0.1) is 0 Å². The van der Waals surface area contributed by atoms with Gasteiger partial charge in [-0.3, -0.25) is 0 Å². The smallest absolute Gasteiger partial charge is 0.317 e. The van der Waals surface area contributed by atoms with Crippen LogP contribution >= 0.6 is 11.6 Å². The van der Waals surface area contributed by atoms with E-state index in [0.29, 0.717) is 30.3 Å². The molecule has 1 N–H and O–H groups in total. The number of ether oxygens (including phenoxy) is 1. The molecule has 6 nitrogen and oxygen atoms in total. The summed E-state index contributed by atoms with van der Waals surface area (Å²) in [6, 6.07) is 6.43. The van der Waals surface area contributed by atoms with Gasteiger partial charge in [-0.15, -0.1) is 0 Å². The molecule has 22 heavy (non-hydrogen) atoms. The lowest BCUT2D eigenvalue weighted by atomic mass is 10.3. The maximum atomic E-state index is 11.9. The highest BCUT2D eigenvalue weighted by Crippen LogP contribution is 2.17. The highest BCUT2D eigenvalue weighted by atomic mass is 35.5. The van der Waals surface area contributed by atoms with Crippen molar-refractivity contribution in [3.8, 4) is 5.75 Å². The van der Waals surface area contributed by atoms with E-state index >= 15 is 0 Å². The first-order valence-corrected chi connectivity index (χ1v) is 9.16. The molecular weight excluding hydrogens is 328 g/mol. The van der Waals surface area contributed by atoms with Gasteiger partial charge in [0.05, 0.1) is 18.1 Å². The number of hydrogen-bond acceptors (Lipinski definition) is 4. The monoisotopic (exact) mass is 346 g/mol. The second-order valence-corrected chi connectivity index (χ2v) is 7.94. The predicted octanol–water partition coefficient (Wildman–Crippen LogP) is 1.55. The van der Waals surface area contributed by atoms with E-state index < -0.39 is 9.84 Å². The average Bonchev–Trinajstić information content (AvgIpc) is 2.77. The van der Waals surface area contributed by atoms with Crippen LogP contribution in [-0.4, -0.2) is 57.1 Å². The predicted molar refractivity (Wildman–Crippen MR) is 85.2 cm³/mol. The summed E-state index contributed by atoms with van der Waals surface area (Å²) in [5.74, 6) is 0.800. The Morgan fingerprint density at radius 3 is 2.91 bits per heavy atom. The Kier molecular flexibility index (Phi) is 5.52. The van der Waals surface area contributed by atoms with Gasteiger partial charge in [0, 0.05) is 18.1 Å². The van der Waals surface area contributed by atoms with Crippen LogP contribution in [0.1, 0.15) is 6.42 Å². The molecule has 1 aromatic rings. The number of nitrogens with zero attached hydrogens (tertiary/aromatic N) is 1. The molecule has 122 valence electrons. The summed E-state index contributed by atoms with van der Waals surface area (Å²) < 4.78 is 28.2. The number of sulfone groups is 1. The third kappa shape index (κ3) is 5.06. The molecule has 0 saturated carbocycles. The molecule has 0 aliphatic carbocycles. The van der Waals surface area contributed by atoms with Crippen LogP contribution in [0.2, 0.25) is 5.02 Å². The van der Waals surface area contributed by atoms with Gasteiger partial charge >= 0.3 is 6.03 Å². The van der Waals surface area contributed by atoms with Crippen LogP contribution in [-0.2, 0) is 9.84 Å². The van der Waals surface area contributed by atoms with Crippen molar-refractivity contribution in [2.75, 3.05) is 31.7 Å². The Labute approximate surface area is 135 Å². The van der Waals surface area contributed by atoms with Gasteiger partial charge in [0.1, 0.15) is 12.4 Å². The summed E-state index contributed by atoms with van der Waals surface area (Å²) >= 11 is 5.85. The maximum absolute atomic E-state index is 11.9. The molecule has 2 rings (SSSR count). The number of carbonyl (C=O) groups is 1. The number of urea groups is 1. The molecule has 2 amide bonds. The van der Waals surface area contributed by atoms with Crippen molar-refractivity contribution in [1.29, 1.82) is 0 Å². The fourth-order valence-corrected chi connectivity index (χ4v) is 4.01. The van der Waals surface area contributed by atoms with Crippen molar-refractivity contribution in [3.05, 3.63) is 29.3 Å². The lowest BCUT2D eigenvalue weighted by molar-refractivity contribution is 0.192. The van der Waals surface area contributed by atoms with Crippen molar-refractivity contribution >= 4 is 27.5 Å². The van der Waals surface area contributed by atoms with Gasteiger partial charge in [0.25, 0.3) is 0 Å². The zero-order chi connectivity index (χ0) is 16.2. The van der Waals surface area contributed by atoms with Gasteiger partial charge < -0.3 is 15.0 Å². The molecule has 1 aliphatic rings. The van der Waals surface area contributed by atoms with Crippen molar-refractivity contribution in [2.24, 2.45) is 0 Å². The summed E-state index contributed by atoms with van der Waals surface area (Å²) in [7, 11) is -1.36. The average molecular weight is 347 g/mol. The Balaban J connectivity index is 1.72. The largest absolute Gasteiger partial charge is 0.492 e. The topological polar surface area (TPSA) is 75.7 Å². The first kappa shape index (κ1) is 16.9. The van der Waals surface area contributed by atoms with Crippen LogP contribution in [0.15, 0.2) is 24.3 Å². The first-order valence-electron chi connectivity index (χ1n) is 6.96. The summed E-state index contributed by atoms with van der Waals surface area (Å²) in [6.45, 7) is 0.713. The highest BCUT2D eigenvalue weighted by molar-refractivity contribution is 7.91. The van der Waals surface area contributed by atoms with Crippen LogP contribution in [0.5, 0.6) is 5.75 Å². The van der Waals surface area contributed by atoms with E-state index in [2.05, 4.69) is 5.32 Å². The van der Waals surface area contributed by atoms with E-state index in [1.165, 1.54) is 4.90 Å². The van der Waals surface area contributed by atoms with Crippen LogP contribution in [0.4, 0.5) is 4.79 Å². The lowest BCUT2D eigenvalue weighted by Gasteiger charge is -2.20. The molecule has 0 bridgehead atoms. The maximum Gasteiger partial charge on any atom is 0.317 e. The zero-order valence-corrected chi connectivity index (χ0v) is 13.9. The zero-order valence-electron chi connectivity index (χ0n) is 12.3. The standard InChI is InChI=1S/C14H19ClN2O4S/c1-17(6-7-21-13-4-2-3-11(15)9-13)14(18)16-12-5-8-22(19,20)10-12/h2-4,9,12H,5-8,10H2,1H3,(H,16,18). The van der Waals surface area contributed by atoms with E-state index in [1.807, 2.05) is 0 Å². The fourth-order valence-electron chi connectivity index (χ4n) is 2.15. The van der Waals surface area contributed by atoms with E-state index in [9.17, 15) is 13.2 Å². The number of carbonyl (C=O) groups excluding carboxylic acids is 1. The molecule has 0 radical (unpaired) electrons. The number of benzene rings is 1. The highest BCUT2D eigenvalue weighted by Gasteiger charge is 2.29. The van der Waals surface area contributed by atoms with Crippen LogP contribution in [0.25, 0.3) is 0 Å². The van der Waals surface area contributed by atoms with E-state index in [4.69, 9.17) is 16.3 Å². The van der Waals surface area contributed by atoms with Gasteiger partial charge in [-0.1, -0.05) is 17.7 Å². The van der Waals surface area contributed by atoms with Crippen molar-refractivity contribution in [3.63, 3.8) is 0 Å². The van der Waals surface area contributed by atoms with Gasteiger partial charge in [0.2, 0.25) is 0 Å². The molecule has 1 heterocycles. The van der Waals surface area contributed by atoms with E-state index in [-0.39, 0.29) is 23.6 Å². The minimum atomic E-state index is -2.99. The number of nitrogens with one attached hydrogen (secondary N) is 1. The second kappa shape index (κ2) is 7.19. The summed E-state index contributed by atoms with van der Waals surface area (Å²) in [5.41, 5.74) is 0. The number of rotatable bonds is 5. The van der Waals surface area contributed by atoms with Crippen molar-refractivity contribution < 1.29 is 17.9 Å². The molecule has 1 aliphatic heterocycles. The van der Waals surface area contributed by atoms with Crippen LogP contribution < -0.4 is 10.1 Å². The van der Waals surface area contributed by atoms with Crippen molar-refractivity contribution in [2.45, 2.75) is 12.5 Å². The molecule has 8 heteroatoms. The first-order chi connectivity index (χ1) is 10.4. The summed E-state index contributed by atoms with van der Waals surface area (Å²) in [5, 5.41) is 3.31. The third-order valence-electron chi connectivity index (χ3n) is 3.40. The third-order valence-corrected chi connectivity index (χ3v) is 5.40. The molecule has 1 aromatic carbocycles. The van der Waals surface area contributed by atoms with Gasteiger partial charge in [-0.05, 0) is 24.6 Å². The molecule has 1 unspecified atom stereocenters. The second-order valence-electron chi connectivity index (χ2n) is 5.28. The Morgan fingerprint density at radius 1 is 1.50 bits per heavy atom. The molecule has 0 spiro atoms. The minimum absolute atomic E-state index is 0.0194. The molecule has 1 saturated heterocycles.